The molecule has 0 saturated carbocycles. The van der Waals surface area contributed by atoms with Crippen LogP contribution in [-0.2, 0) is 4.74 Å². The van der Waals surface area contributed by atoms with E-state index in [0.717, 1.165) is 19.4 Å². The molecule has 1 amide bonds. The van der Waals surface area contributed by atoms with Crippen molar-refractivity contribution in [2.75, 3.05) is 30.8 Å². The molecule has 0 atom stereocenters. The summed E-state index contributed by atoms with van der Waals surface area (Å²) < 4.78 is 9.49. The van der Waals surface area contributed by atoms with E-state index in [2.05, 4.69) is 21.9 Å². The van der Waals surface area contributed by atoms with Crippen LogP contribution in [0.3, 0.4) is 0 Å². The SMILES string of the molecule is CCCCOCCNc1snc(N)c1C(=O)NC(C)C. The van der Waals surface area contributed by atoms with Gasteiger partial charge < -0.3 is 21.1 Å². The summed E-state index contributed by atoms with van der Waals surface area (Å²) >= 11 is 1.20. The number of hydrogen-bond donors (Lipinski definition) is 3. The minimum absolute atomic E-state index is 0.0621. The van der Waals surface area contributed by atoms with Gasteiger partial charge >= 0.3 is 0 Å². The summed E-state index contributed by atoms with van der Waals surface area (Å²) in [4.78, 5) is 12.0. The Morgan fingerprint density at radius 2 is 2.20 bits per heavy atom. The van der Waals surface area contributed by atoms with Gasteiger partial charge in [0.2, 0.25) is 0 Å². The Morgan fingerprint density at radius 1 is 1.45 bits per heavy atom. The molecule has 114 valence electrons. The van der Waals surface area contributed by atoms with Crippen LogP contribution in [0.25, 0.3) is 0 Å². The number of hydrogen-bond acceptors (Lipinski definition) is 6. The van der Waals surface area contributed by atoms with E-state index >= 15 is 0 Å². The van der Waals surface area contributed by atoms with Crippen molar-refractivity contribution >= 4 is 28.3 Å². The average molecular weight is 300 g/mol. The molecule has 4 N–H and O–H groups in total. The monoisotopic (exact) mass is 300 g/mol. The number of unbranched alkanes of at least 4 members (excludes halogenated alkanes) is 1. The Balaban J connectivity index is 2.48. The lowest BCUT2D eigenvalue weighted by molar-refractivity contribution is 0.0945. The van der Waals surface area contributed by atoms with Crippen LogP contribution in [0.15, 0.2) is 0 Å². The van der Waals surface area contributed by atoms with Crippen molar-refractivity contribution in [2.45, 2.75) is 39.7 Å². The van der Waals surface area contributed by atoms with Gasteiger partial charge in [0.25, 0.3) is 5.91 Å². The lowest BCUT2D eigenvalue weighted by atomic mass is 10.2. The van der Waals surface area contributed by atoms with Gasteiger partial charge in [-0.05, 0) is 31.8 Å². The molecule has 1 aromatic rings. The summed E-state index contributed by atoms with van der Waals surface area (Å²) in [7, 11) is 0. The lowest BCUT2D eigenvalue weighted by Crippen LogP contribution is -2.31. The second kappa shape index (κ2) is 8.76. The van der Waals surface area contributed by atoms with E-state index in [1.54, 1.807) is 0 Å². The number of rotatable bonds is 9. The van der Waals surface area contributed by atoms with E-state index in [4.69, 9.17) is 10.5 Å². The van der Waals surface area contributed by atoms with Gasteiger partial charge in [0, 0.05) is 19.2 Å². The van der Waals surface area contributed by atoms with Crippen LogP contribution < -0.4 is 16.4 Å². The number of amides is 1. The largest absolute Gasteiger partial charge is 0.382 e. The molecule has 0 unspecified atom stereocenters. The molecular weight excluding hydrogens is 276 g/mol. The minimum Gasteiger partial charge on any atom is -0.382 e. The molecule has 6 nitrogen and oxygen atoms in total. The highest BCUT2D eigenvalue weighted by atomic mass is 32.1. The summed E-state index contributed by atoms with van der Waals surface area (Å²) in [6.45, 7) is 7.94. The van der Waals surface area contributed by atoms with Crippen molar-refractivity contribution in [3.05, 3.63) is 5.56 Å². The van der Waals surface area contributed by atoms with Crippen molar-refractivity contribution in [1.29, 1.82) is 0 Å². The Morgan fingerprint density at radius 3 is 2.85 bits per heavy atom. The predicted octanol–water partition coefficient (Wildman–Crippen LogP) is 2.09. The highest BCUT2D eigenvalue weighted by Crippen LogP contribution is 2.26. The van der Waals surface area contributed by atoms with E-state index in [1.807, 2.05) is 13.8 Å². The second-order valence-corrected chi connectivity index (χ2v) is 5.57. The third kappa shape index (κ3) is 5.34. The zero-order valence-electron chi connectivity index (χ0n) is 12.4. The van der Waals surface area contributed by atoms with Crippen molar-refractivity contribution in [2.24, 2.45) is 0 Å². The van der Waals surface area contributed by atoms with Gasteiger partial charge in [0.1, 0.15) is 10.6 Å². The van der Waals surface area contributed by atoms with Crippen LogP contribution in [0.5, 0.6) is 0 Å². The van der Waals surface area contributed by atoms with Crippen molar-refractivity contribution < 1.29 is 9.53 Å². The summed E-state index contributed by atoms with van der Waals surface area (Å²) in [5, 5.41) is 6.67. The van der Waals surface area contributed by atoms with Gasteiger partial charge in [-0.3, -0.25) is 4.79 Å². The number of ether oxygens (including phenoxy) is 1. The van der Waals surface area contributed by atoms with Crippen molar-refractivity contribution in [3.63, 3.8) is 0 Å². The highest BCUT2D eigenvalue weighted by molar-refractivity contribution is 7.11. The van der Waals surface area contributed by atoms with Crippen molar-refractivity contribution in [1.82, 2.24) is 9.69 Å². The quantitative estimate of drug-likeness (QED) is 0.608. The lowest BCUT2D eigenvalue weighted by Gasteiger charge is -2.10. The van der Waals surface area contributed by atoms with Crippen LogP contribution in [-0.4, -0.2) is 36.1 Å². The number of nitrogens with zero attached hydrogens (tertiary/aromatic N) is 1. The molecule has 0 aliphatic carbocycles. The standard InChI is InChI=1S/C13H24N4O2S/c1-4-5-7-19-8-6-15-13-10(11(14)17-20-13)12(18)16-9(2)3/h9,15H,4-8H2,1-3H3,(H2,14,17)(H,16,18). The first-order valence-corrected chi connectivity index (χ1v) is 7.71. The third-order valence-corrected chi connectivity index (χ3v) is 3.36. The van der Waals surface area contributed by atoms with E-state index in [0.29, 0.717) is 23.7 Å². The van der Waals surface area contributed by atoms with Crippen LogP contribution in [0, 0.1) is 0 Å². The molecule has 0 aromatic carbocycles. The summed E-state index contributed by atoms with van der Waals surface area (Å²) in [6, 6.07) is 0.0621. The molecule has 0 bridgehead atoms. The molecule has 0 aliphatic rings. The fraction of sp³-hybridized carbons (Fsp3) is 0.692. The zero-order chi connectivity index (χ0) is 15.0. The molecule has 1 aromatic heterocycles. The number of aromatic nitrogens is 1. The molecule has 0 saturated heterocycles. The number of nitrogens with two attached hydrogens (primary N) is 1. The Hall–Kier alpha value is -1.34. The Kier molecular flexibility index (Phi) is 7.32. The molecule has 0 spiro atoms. The molecule has 1 rings (SSSR count). The molecule has 0 fully saturated rings. The second-order valence-electron chi connectivity index (χ2n) is 4.79. The molecule has 0 aliphatic heterocycles. The summed E-state index contributed by atoms with van der Waals surface area (Å²) in [5.41, 5.74) is 6.18. The van der Waals surface area contributed by atoms with Crippen LogP contribution >= 0.6 is 11.5 Å². The Labute approximate surface area is 124 Å². The summed E-state index contributed by atoms with van der Waals surface area (Å²) in [5.74, 6) is 0.0724. The first-order valence-electron chi connectivity index (χ1n) is 6.93. The molecule has 7 heteroatoms. The third-order valence-electron chi connectivity index (χ3n) is 2.54. The normalized spacial score (nSPS) is 10.8. The Bertz CT molecular complexity index is 421. The zero-order valence-corrected chi connectivity index (χ0v) is 13.2. The summed E-state index contributed by atoms with van der Waals surface area (Å²) in [6.07, 6.45) is 2.19. The minimum atomic E-state index is -0.194. The maximum atomic E-state index is 12.0. The molecule has 0 radical (unpaired) electrons. The topological polar surface area (TPSA) is 89.3 Å². The van der Waals surface area contributed by atoms with Gasteiger partial charge in [-0.15, -0.1) is 0 Å². The maximum Gasteiger partial charge on any atom is 0.258 e. The fourth-order valence-corrected chi connectivity index (χ4v) is 2.30. The number of anilines is 2. The van der Waals surface area contributed by atoms with Crippen molar-refractivity contribution in [3.8, 4) is 0 Å². The predicted molar refractivity (Wildman–Crippen MR) is 83.3 cm³/mol. The fourth-order valence-electron chi connectivity index (χ4n) is 1.56. The number of carbonyl (C=O) groups is 1. The van der Waals surface area contributed by atoms with Gasteiger partial charge in [-0.25, -0.2) is 0 Å². The molecular formula is C13H24N4O2S. The number of nitrogen functional groups attached to an aromatic ring is 1. The highest BCUT2D eigenvalue weighted by Gasteiger charge is 2.19. The molecule has 1 heterocycles. The van der Waals surface area contributed by atoms with E-state index < -0.39 is 0 Å². The molecule has 20 heavy (non-hydrogen) atoms. The van der Waals surface area contributed by atoms with E-state index in [-0.39, 0.29) is 17.8 Å². The van der Waals surface area contributed by atoms with Gasteiger partial charge in [0.05, 0.1) is 6.61 Å². The van der Waals surface area contributed by atoms with Crippen LogP contribution in [0.4, 0.5) is 10.8 Å². The van der Waals surface area contributed by atoms with Gasteiger partial charge in [-0.1, -0.05) is 13.3 Å². The smallest absolute Gasteiger partial charge is 0.258 e. The number of carbonyl (C=O) groups excluding carboxylic acids is 1. The number of nitrogens with one attached hydrogen (secondary N) is 2. The van der Waals surface area contributed by atoms with E-state index in [9.17, 15) is 4.79 Å². The average Bonchev–Trinajstić information content (AvgIpc) is 2.74. The first-order chi connectivity index (χ1) is 9.56. The van der Waals surface area contributed by atoms with Gasteiger partial charge in [0.15, 0.2) is 5.82 Å². The first kappa shape index (κ1) is 16.7. The van der Waals surface area contributed by atoms with Gasteiger partial charge in [-0.2, -0.15) is 4.37 Å². The maximum absolute atomic E-state index is 12.0. The van der Waals surface area contributed by atoms with Crippen LogP contribution in [0.1, 0.15) is 44.0 Å². The van der Waals surface area contributed by atoms with Crippen LogP contribution in [0.2, 0.25) is 0 Å². The van der Waals surface area contributed by atoms with E-state index in [1.165, 1.54) is 11.5 Å².